The highest BCUT2D eigenvalue weighted by Gasteiger charge is 2.07. The van der Waals surface area contributed by atoms with Crippen LogP contribution in [0.5, 0.6) is 0 Å². The van der Waals surface area contributed by atoms with Gasteiger partial charge in [-0.05, 0) is 25.0 Å². The maximum Gasteiger partial charge on any atom is 0.191 e. The molecule has 0 saturated heterocycles. The van der Waals surface area contributed by atoms with Gasteiger partial charge in [-0.1, -0.05) is 48.5 Å². The van der Waals surface area contributed by atoms with Crippen LogP contribution < -0.4 is 10.6 Å². The quantitative estimate of drug-likeness (QED) is 0.541. The molecule has 0 heterocycles. The molecular weight excluding hydrogens is 305 g/mol. The number of benzene rings is 2. The van der Waals surface area contributed by atoms with Crippen LogP contribution in [0.4, 0.5) is 4.39 Å². The first-order valence-electron chi connectivity index (χ1n) is 8.19. The van der Waals surface area contributed by atoms with Gasteiger partial charge in [0.2, 0.25) is 0 Å². The second-order valence-corrected chi connectivity index (χ2v) is 5.43. The highest BCUT2D eigenvalue weighted by atomic mass is 19.1. The second kappa shape index (κ2) is 9.67. The number of aliphatic hydroxyl groups excluding tert-OH is 1. The lowest BCUT2D eigenvalue weighted by atomic mass is 10.1. The summed E-state index contributed by atoms with van der Waals surface area (Å²) in [7, 11) is 0. The third-order valence-electron chi connectivity index (χ3n) is 3.60. The zero-order valence-electron chi connectivity index (χ0n) is 13.9. The molecule has 2 rings (SSSR count). The highest BCUT2D eigenvalue weighted by Crippen LogP contribution is 2.14. The van der Waals surface area contributed by atoms with E-state index in [0.717, 1.165) is 5.56 Å². The van der Waals surface area contributed by atoms with E-state index in [9.17, 15) is 9.50 Å². The molecule has 0 spiro atoms. The molecule has 0 aliphatic carbocycles. The fourth-order valence-electron chi connectivity index (χ4n) is 2.30. The van der Waals surface area contributed by atoms with Gasteiger partial charge in [-0.3, -0.25) is 0 Å². The number of hydrogen-bond acceptors (Lipinski definition) is 2. The zero-order valence-corrected chi connectivity index (χ0v) is 13.9. The van der Waals surface area contributed by atoms with Gasteiger partial charge >= 0.3 is 0 Å². The molecular formula is C19H24FN3O. The van der Waals surface area contributed by atoms with Crippen molar-refractivity contribution >= 4 is 5.96 Å². The summed E-state index contributed by atoms with van der Waals surface area (Å²) in [6.07, 6.45) is 0.0434. The predicted molar refractivity (Wildman–Crippen MR) is 95.2 cm³/mol. The van der Waals surface area contributed by atoms with Crippen LogP contribution in [0.25, 0.3) is 0 Å². The van der Waals surface area contributed by atoms with E-state index in [1.54, 1.807) is 18.2 Å². The molecule has 0 aliphatic rings. The zero-order chi connectivity index (χ0) is 17.2. The maximum atomic E-state index is 13.6. The van der Waals surface area contributed by atoms with Crippen molar-refractivity contribution in [1.82, 2.24) is 10.6 Å². The summed E-state index contributed by atoms with van der Waals surface area (Å²) in [5.41, 5.74) is 1.45. The number of guanidine groups is 1. The van der Waals surface area contributed by atoms with Crippen molar-refractivity contribution < 1.29 is 9.50 Å². The average Bonchev–Trinajstić information content (AvgIpc) is 2.61. The third-order valence-corrected chi connectivity index (χ3v) is 3.60. The molecule has 2 aromatic carbocycles. The van der Waals surface area contributed by atoms with Gasteiger partial charge in [0, 0.05) is 18.7 Å². The summed E-state index contributed by atoms with van der Waals surface area (Å²) in [4.78, 5) is 4.39. The SMILES string of the molecule is CCNC(=NCc1ccccc1F)NCCC(O)c1ccccc1. The van der Waals surface area contributed by atoms with Gasteiger partial charge in [0.15, 0.2) is 5.96 Å². The van der Waals surface area contributed by atoms with Crippen LogP contribution >= 0.6 is 0 Å². The fraction of sp³-hybridized carbons (Fsp3) is 0.316. The third kappa shape index (κ3) is 5.66. The molecule has 0 aliphatic heterocycles. The van der Waals surface area contributed by atoms with E-state index >= 15 is 0 Å². The Morgan fingerprint density at radius 1 is 1.08 bits per heavy atom. The van der Waals surface area contributed by atoms with Crippen molar-refractivity contribution in [3.8, 4) is 0 Å². The van der Waals surface area contributed by atoms with Crippen LogP contribution in [0.1, 0.15) is 30.6 Å². The fourth-order valence-corrected chi connectivity index (χ4v) is 2.30. The number of aliphatic imine (C=N–C) groups is 1. The number of rotatable bonds is 7. The average molecular weight is 329 g/mol. The van der Waals surface area contributed by atoms with E-state index in [1.165, 1.54) is 6.07 Å². The number of nitrogens with one attached hydrogen (secondary N) is 2. The molecule has 24 heavy (non-hydrogen) atoms. The Labute approximate surface area is 142 Å². The molecule has 1 unspecified atom stereocenters. The van der Waals surface area contributed by atoms with E-state index < -0.39 is 6.10 Å². The summed E-state index contributed by atoms with van der Waals surface area (Å²) in [5.74, 6) is 0.359. The van der Waals surface area contributed by atoms with Gasteiger partial charge in [-0.25, -0.2) is 9.38 Å². The predicted octanol–water partition coefficient (Wildman–Crippen LogP) is 3.00. The molecule has 5 heteroatoms. The molecule has 0 aromatic heterocycles. The summed E-state index contributed by atoms with van der Waals surface area (Å²) in [6, 6.07) is 16.2. The van der Waals surface area contributed by atoms with Gasteiger partial charge in [-0.15, -0.1) is 0 Å². The van der Waals surface area contributed by atoms with Crippen LogP contribution in [0, 0.1) is 5.82 Å². The Morgan fingerprint density at radius 2 is 1.79 bits per heavy atom. The van der Waals surface area contributed by atoms with Crippen molar-refractivity contribution in [2.45, 2.75) is 26.0 Å². The largest absolute Gasteiger partial charge is 0.388 e. The number of halogens is 1. The van der Waals surface area contributed by atoms with Gasteiger partial charge in [0.25, 0.3) is 0 Å². The van der Waals surface area contributed by atoms with Gasteiger partial charge < -0.3 is 15.7 Å². The Balaban J connectivity index is 1.87. The van der Waals surface area contributed by atoms with Crippen LogP contribution in [0.2, 0.25) is 0 Å². The topological polar surface area (TPSA) is 56.7 Å². The number of aliphatic hydroxyl groups is 1. The number of nitrogens with zero attached hydrogens (tertiary/aromatic N) is 1. The molecule has 0 amide bonds. The minimum atomic E-state index is -0.520. The second-order valence-electron chi connectivity index (χ2n) is 5.43. The minimum Gasteiger partial charge on any atom is -0.388 e. The maximum absolute atomic E-state index is 13.6. The molecule has 0 fully saturated rings. The lowest BCUT2D eigenvalue weighted by molar-refractivity contribution is 0.168. The first-order chi connectivity index (χ1) is 11.7. The van der Waals surface area contributed by atoms with Crippen molar-refractivity contribution in [2.24, 2.45) is 4.99 Å². The van der Waals surface area contributed by atoms with Gasteiger partial charge in [-0.2, -0.15) is 0 Å². The first-order valence-corrected chi connectivity index (χ1v) is 8.19. The summed E-state index contributed by atoms with van der Waals surface area (Å²) < 4.78 is 13.6. The summed E-state index contributed by atoms with van der Waals surface area (Å²) in [6.45, 7) is 3.52. The molecule has 0 radical (unpaired) electrons. The normalized spacial score (nSPS) is 12.7. The summed E-state index contributed by atoms with van der Waals surface area (Å²) in [5, 5.41) is 16.4. The highest BCUT2D eigenvalue weighted by molar-refractivity contribution is 5.79. The van der Waals surface area contributed by atoms with E-state index in [4.69, 9.17) is 0 Å². The lowest BCUT2D eigenvalue weighted by Gasteiger charge is -2.14. The molecule has 1 atom stereocenters. The minimum absolute atomic E-state index is 0.253. The summed E-state index contributed by atoms with van der Waals surface area (Å²) >= 11 is 0. The van der Waals surface area contributed by atoms with Crippen molar-refractivity contribution in [1.29, 1.82) is 0 Å². The molecule has 0 bridgehead atoms. The molecule has 128 valence electrons. The molecule has 3 N–H and O–H groups in total. The van der Waals surface area contributed by atoms with E-state index in [2.05, 4.69) is 15.6 Å². The Hall–Kier alpha value is -2.40. The van der Waals surface area contributed by atoms with E-state index in [0.29, 0.717) is 31.0 Å². The van der Waals surface area contributed by atoms with E-state index in [1.807, 2.05) is 37.3 Å². The van der Waals surface area contributed by atoms with Gasteiger partial charge in [0.1, 0.15) is 5.82 Å². The molecule has 4 nitrogen and oxygen atoms in total. The monoisotopic (exact) mass is 329 g/mol. The van der Waals surface area contributed by atoms with Crippen molar-refractivity contribution in [3.05, 3.63) is 71.5 Å². The van der Waals surface area contributed by atoms with Gasteiger partial charge in [0.05, 0.1) is 12.6 Å². The Bertz CT molecular complexity index is 646. The Morgan fingerprint density at radius 3 is 2.50 bits per heavy atom. The molecule has 0 saturated carbocycles. The lowest BCUT2D eigenvalue weighted by Crippen LogP contribution is -2.38. The van der Waals surface area contributed by atoms with Crippen molar-refractivity contribution in [2.75, 3.05) is 13.1 Å². The Kier molecular flexibility index (Phi) is 7.23. The van der Waals surface area contributed by atoms with E-state index in [-0.39, 0.29) is 12.4 Å². The van der Waals surface area contributed by atoms with Crippen LogP contribution in [-0.4, -0.2) is 24.2 Å². The van der Waals surface area contributed by atoms with Crippen LogP contribution in [0.15, 0.2) is 59.6 Å². The van der Waals surface area contributed by atoms with Crippen molar-refractivity contribution in [3.63, 3.8) is 0 Å². The molecule has 2 aromatic rings. The first kappa shape index (κ1) is 17.9. The standard InChI is InChI=1S/C19H24FN3O/c1-2-21-19(23-14-16-10-6-7-11-17(16)20)22-13-12-18(24)15-8-4-3-5-9-15/h3-11,18,24H,2,12-14H2,1H3,(H2,21,22,23). The number of hydrogen-bond donors (Lipinski definition) is 3. The van der Waals surface area contributed by atoms with Crippen LogP contribution in [0.3, 0.4) is 0 Å². The van der Waals surface area contributed by atoms with Crippen LogP contribution in [-0.2, 0) is 6.54 Å². The smallest absolute Gasteiger partial charge is 0.191 e.